The lowest BCUT2D eigenvalue weighted by molar-refractivity contribution is 0.0491. The predicted octanol–water partition coefficient (Wildman–Crippen LogP) is 5.58. The van der Waals surface area contributed by atoms with Crippen molar-refractivity contribution in [3.05, 3.63) is 102 Å². The molecule has 5 nitrogen and oxygen atoms in total. The Hall–Kier alpha value is -3.60. The maximum atomic E-state index is 13.2. The number of alkyl carbamates (subject to hydrolysis) is 1. The van der Waals surface area contributed by atoms with Gasteiger partial charge in [0.15, 0.2) is 5.78 Å². The molecule has 0 unspecified atom stereocenters. The number of carbonyl (C=O) groups is 2. The summed E-state index contributed by atoms with van der Waals surface area (Å²) in [6.07, 6.45) is -0.250. The van der Waals surface area contributed by atoms with Crippen molar-refractivity contribution in [3.63, 3.8) is 0 Å². The number of ketones is 1. The molecule has 32 heavy (non-hydrogen) atoms. The second-order valence-electron chi connectivity index (χ2n) is 8.55. The smallest absolute Gasteiger partial charge is 0.408 e. The van der Waals surface area contributed by atoms with E-state index in [4.69, 9.17) is 9.47 Å². The zero-order valence-corrected chi connectivity index (χ0v) is 18.7. The van der Waals surface area contributed by atoms with Crippen molar-refractivity contribution < 1.29 is 19.1 Å². The number of Topliss-reactive ketones (excluding diaryl/α,β-unsaturated/α-hetero) is 1. The van der Waals surface area contributed by atoms with Crippen LogP contribution in [0.1, 0.15) is 42.3 Å². The summed E-state index contributed by atoms with van der Waals surface area (Å²) in [7, 11) is 0. The van der Waals surface area contributed by atoms with Crippen LogP contribution in [-0.4, -0.2) is 23.5 Å². The second kappa shape index (κ2) is 10.6. The largest absolute Gasteiger partial charge is 0.489 e. The summed E-state index contributed by atoms with van der Waals surface area (Å²) in [5.41, 5.74) is 1.86. The third kappa shape index (κ3) is 7.27. The lowest BCUT2D eigenvalue weighted by Gasteiger charge is -2.23. The average Bonchev–Trinajstić information content (AvgIpc) is 2.77. The molecular weight excluding hydrogens is 402 g/mol. The molecule has 0 bridgehead atoms. The Kier molecular flexibility index (Phi) is 7.66. The van der Waals surface area contributed by atoms with Crippen LogP contribution in [0.5, 0.6) is 5.75 Å². The zero-order valence-electron chi connectivity index (χ0n) is 18.7. The Labute approximate surface area is 189 Å². The van der Waals surface area contributed by atoms with E-state index < -0.39 is 17.7 Å². The molecule has 0 radical (unpaired) electrons. The molecule has 0 saturated heterocycles. The molecule has 1 N–H and O–H groups in total. The summed E-state index contributed by atoms with van der Waals surface area (Å²) in [4.78, 5) is 25.6. The number of rotatable bonds is 8. The Morgan fingerprint density at radius 2 is 1.38 bits per heavy atom. The number of hydrogen-bond acceptors (Lipinski definition) is 4. The van der Waals surface area contributed by atoms with Gasteiger partial charge in [0.25, 0.3) is 0 Å². The van der Waals surface area contributed by atoms with Gasteiger partial charge in [-0.25, -0.2) is 4.79 Å². The standard InChI is InChI=1S/C27H29NO4/c1-27(2,3)32-26(30)28-24(18-20-10-6-4-7-11-20)25(29)22-14-16-23(17-15-22)31-19-21-12-8-5-9-13-21/h4-17,24H,18-19H2,1-3H3,(H,28,30)/t24-/m0/s1. The van der Waals surface area contributed by atoms with Crippen LogP contribution in [-0.2, 0) is 17.8 Å². The van der Waals surface area contributed by atoms with Gasteiger partial charge in [-0.2, -0.15) is 0 Å². The van der Waals surface area contributed by atoms with Gasteiger partial charge in [0, 0.05) is 12.0 Å². The van der Waals surface area contributed by atoms with Gasteiger partial charge in [0.2, 0.25) is 0 Å². The highest BCUT2D eigenvalue weighted by atomic mass is 16.6. The van der Waals surface area contributed by atoms with Gasteiger partial charge in [0.05, 0.1) is 6.04 Å². The SMILES string of the molecule is CC(C)(C)OC(=O)N[C@@H](Cc1ccccc1)C(=O)c1ccc(OCc2ccccc2)cc1. The fourth-order valence-electron chi connectivity index (χ4n) is 3.17. The van der Waals surface area contributed by atoms with Crippen LogP contribution in [0.2, 0.25) is 0 Å². The zero-order chi connectivity index (χ0) is 23.0. The molecule has 0 heterocycles. The van der Waals surface area contributed by atoms with E-state index in [9.17, 15) is 9.59 Å². The van der Waals surface area contributed by atoms with Crippen LogP contribution < -0.4 is 10.1 Å². The number of nitrogens with one attached hydrogen (secondary N) is 1. The maximum Gasteiger partial charge on any atom is 0.408 e. The highest BCUT2D eigenvalue weighted by molar-refractivity contribution is 6.01. The Morgan fingerprint density at radius 3 is 1.94 bits per heavy atom. The third-order valence-electron chi connectivity index (χ3n) is 4.68. The normalized spacial score (nSPS) is 12.0. The number of amides is 1. The highest BCUT2D eigenvalue weighted by Gasteiger charge is 2.25. The van der Waals surface area contributed by atoms with Crippen LogP contribution in [0.3, 0.4) is 0 Å². The summed E-state index contributed by atoms with van der Waals surface area (Å²) in [6, 6.07) is 25.7. The van der Waals surface area contributed by atoms with Crippen LogP contribution in [0.4, 0.5) is 4.79 Å². The van der Waals surface area contributed by atoms with E-state index in [2.05, 4.69) is 5.32 Å². The molecule has 5 heteroatoms. The molecular formula is C27H29NO4. The van der Waals surface area contributed by atoms with E-state index in [0.717, 1.165) is 11.1 Å². The van der Waals surface area contributed by atoms with Crippen molar-refractivity contribution in [2.24, 2.45) is 0 Å². The molecule has 3 aromatic rings. The topological polar surface area (TPSA) is 64.6 Å². The first kappa shape index (κ1) is 23.1. The average molecular weight is 432 g/mol. The van der Waals surface area contributed by atoms with E-state index in [1.54, 1.807) is 45.0 Å². The number of carbonyl (C=O) groups excluding carboxylic acids is 2. The quantitative estimate of drug-likeness (QED) is 0.473. The van der Waals surface area contributed by atoms with Crippen molar-refractivity contribution in [2.45, 2.75) is 45.4 Å². The van der Waals surface area contributed by atoms with Crippen LogP contribution in [0.15, 0.2) is 84.9 Å². The molecule has 0 aliphatic heterocycles. The molecule has 0 spiro atoms. The van der Waals surface area contributed by atoms with Gasteiger partial charge in [-0.1, -0.05) is 60.7 Å². The van der Waals surface area contributed by atoms with E-state index in [-0.39, 0.29) is 5.78 Å². The fraction of sp³-hybridized carbons (Fsp3) is 0.259. The lowest BCUT2D eigenvalue weighted by Crippen LogP contribution is -2.44. The first-order chi connectivity index (χ1) is 15.3. The minimum absolute atomic E-state index is 0.186. The van der Waals surface area contributed by atoms with Crippen LogP contribution >= 0.6 is 0 Å². The summed E-state index contributed by atoms with van der Waals surface area (Å²) in [6.45, 7) is 5.81. The molecule has 0 aromatic heterocycles. The summed E-state index contributed by atoms with van der Waals surface area (Å²) >= 11 is 0. The summed E-state index contributed by atoms with van der Waals surface area (Å²) in [5.74, 6) is 0.486. The number of ether oxygens (including phenoxy) is 2. The minimum atomic E-state index is -0.747. The van der Waals surface area contributed by atoms with E-state index >= 15 is 0 Å². The Balaban J connectivity index is 1.70. The third-order valence-corrected chi connectivity index (χ3v) is 4.68. The first-order valence-corrected chi connectivity index (χ1v) is 10.6. The maximum absolute atomic E-state index is 13.2. The molecule has 166 valence electrons. The predicted molar refractivity (Wildman–Crippen MR) is 125 cm³/mol. The van der Waals surface area contributed by atoms with Gasteiger partial charge >= 0.3 is 6.09 Å². The number of hydrogen-bond donors (Lipinski definition) is 1. The van der Waals surface area contributed by atoms with Crippen molar-refractivity contribution in [2.75, 3.05) is 0 Å². The molecule has 1 amide bonds. The van der Waals surface area contributed by atoms with E-state index in [1.165, 1.54) is 0 Å². The first-order valence-electron chi connectivity index (χ1n) is 10.6. The van der Waals surface area contributed by atoms with Gasteiger partial charge in [-0.05, 0) is 56.2 Å². The minimum Gasteiger partial charge on any atom is -0.489 e. The summed E-state index contributed by atoms with van der Waals surface area (Å²) < 4.78 is 11.2. The van der Waals surface area contributed by atoms with Crippen molar-refractivity contribution in [3.8, 4) is 5.75 Å². The monoisotopic (exact) mass is 431 g/mol. The van der Waals surface area contributed by atoms with Crippen molar-refractivity contribution in [1.29, 1.82) is 0 Å². The second-order valence-corrected chi connectivity index (χ2v) is 8.55. The van der Waals surface area contributed by atoms with Gasteiger partial charge in [-0.15, -0.1) is 0 Å². The lowest BCUT2D eigenvalue weighted by atomic mass is 9.97. The van der Waals surface area contributed by atoms with Gasteiger partial charge in [-0.3, -0.25) is 4.79 Å². The van der Waals surface area contributed by atoms with Gasteiger partial charge < -0.3 is 14.8 Å². The van der Waals surface area contributed by atoms with Crippen molar-refractivity contribution in [1.82, 2.24) is 5.32 Å². The molecule has 3 rings (SSSR count). The van der Waals surface area contributed by atoms with E-state index in [1.807, 2.05) is 60.7 Å². The van der Waals surface area contributed by atoms with Crippen molar-refractivity contribution >= 4 is 11.9 Å². The van der Waals surface area contributed by atoms with Gasteiger partial charge in [0.1, 0.15) is 18.0 Å². The molecule has 0 saturated carbocycles. The van der Waals surface area contributed by atoms with Crippen LogP contribution in [0, 0.1) is 0 Å². The number of benzene rings is 3. The molecule has 3 aromatic carbocycles. The molecule has 0 aliphatic carbocycles. The van der Waals surface area contributed by atoms with E-state index in [0.29, 0.717) is 24.3 Å². The van der Waals surface area contributed by atoms with Crippen LogP contribution in [0.25, 0.3) is 0 Å². The summed E-state index contributed by atoms with van der Waals surface area (Å²) in [5, 5.41) is 2.74. The fourth-order valence-corrected chi connectivity index (χ4v) is 3.17. The molecule has 0 fully saturated rings. The molecule has 0 aliphatic rings. The Bertz CT molecular complexity index is 1010. The highest BCUT2D eigenvalue weighted by Crippen LogP contribution is 2.17. The molecule has 1 atom stereocenters. The Morgan fingerprint density at radius 1 is 0.812 bits per heavy atom.